The quantitative estimate of drug-likeness (QED) is 0.629. The number of thioether (sulfide) groups is 1. The Kier molecular flexibility index (Phi) is 6.19. The minimum Gasteiger partial charge on any atom is -0.480 e. The van der Waals surface area contributed by atoms with E-state index >= 15 is 0 Å². The predicted molar refractivity (Wildman–Crippen MR) is 60.0 cm³/mol. The maximum Gasteiger partial charge on any atom is 0.321 e. The van der Waals surface area contributed by atoms with Crippen LogP contribution in [0.15, 0.2) is 0 Å². The Bertz CT molecular complexity index is 206. The van der Waals surface area contributed by atoms with Gasteiger partial charge in [0.25, 0.3) is 0 Å². The van der Waals surface area contributed by atoms with Gasteiger partial charge in [0.05, 0.1) is 0 Å². The third-order valence-corrected chi connectivity index (χ3v) is 3.57. The molecule has 0 saturated heterocycles. The van der Waals surface area contributed by atoms with Crippen LogP contribution in [0, 0.1) is 0 Å². The van der Waals surface area contributed by atoms with Crippen molar-refractivity contribution in [2.75, 3.05) is 20.0 Å². The number of carbonyl (C=O) groups is 1. The molecule has 0 aromatic rings. The summed E-state index contributed by atoms with van der Waals surface area (Å²) in [6.07, 6.45) is -0.338. The lowest BCUT2D eigenvalue weighted by molar-refractivity contribution is -0.139. The first kappa shape index (κ1) is 14.7. The SMILES string of the molecule is COC(CSC(C)(C)[C@H](N)C(=O)O)OC. The van der Waals surface area contributed by atoms with Crippen LogP contribution in [0.5, 0.6) is 0 Å². The van der Waals surface area contributed by atoms with E-state index in [0.29, 0.717) is 5.75 Å². The van der Waals surface area contributed by atoms with E-state index in [9.17, 15) is 4.79 Å². The molecule has 0 aliphatic heterocycles. The predicted octanol–water partition coefficient (Wildman–Crippen LogP) is 0.529. The summed E-state index contributed by atoms with van der Waals surface area (Å²) in [5.41, 5.74) is 5.56. The molecule has 0 rings (SSSR count). The van der Waals surface area contributed by atoms with Gasteiger partial charge in [-0.1, -0.05) is 0 Å². The van der Waals surface area contributed by atoms with Crippen LogP contribution in [0.4, 0.5) is 0 Å². The van der Waals surface area contributed by atoms with Crippen molar-refractivity contribution < 1.29 is 19.4 Å². The number of hydrogen-bond donors (Lipinski definition) is 2. The van der Waals surface area contributed by atoms with Crippen LogP contribution in [-0.2, 0) is 14.3 Å². The number of hydrogen-bond acceptors (Lipinski definition) is 5. The zero-order valence-electron chi connectivity index (χ0n) is 9.52. The molecule has 0 bridgehead atoms. The highest BCUT2D eigenvalue weighted by Crippen LogP contribution is 2.28. The average Bonchev–Trinajstić information content (AvgIpc) is 2.18. The van der Waals surface area contributed by atoms with Crippen LogP contribution in [0.25, 0.3) is 0 Å². The zero-order valence-corrected chi connectivity index (χ0v) is 10.3. The van der Waals surface area contributed by atoms with E-state index in [1.165, 1.54) is 11.8 Å². The number of nitrogens with two attached hydrogens (primary N) is 1. The summed E-state index contributed by atoms with van der Waals surface area (Å²) in [6, 6.07) is -0.906. The van der Waals surface area contributed by atoms with Gasteiger partial charge >= 0.3 is 5.97 Å². The molecule has 0 aliphatic rings. The Morgan fingerprint density at radius 2 is 1.93 bits per heavy atom. The number of carboxylic acids is 1. The molecule has 0 fully saturated rings. The normalized spacial score (nSPS) is 14.3. The number of rotatable bonds is 7. The summed E-state index contributed by atoms with van der Waals surface area (Å²) in [7, 11) is 3.08. The molecule has 0 saturated carbocycles. The van der Waals surface area contributed by atoms with E-state index in [4.69, 9.17) is 20.3 Å². The van der Waals surface area contributed by atoms with Crippen molar-refractivity contribution in [3.05, 3.63) is 0 Å². The molecule has 1 atom stereocenters. The van der Waals surface area contributed by atoms with Gasteiger partial charge in [-0.3, -0.25) is 4.79 Å². The minimum atomic E-state index is -1.00. The van der Waals surface area contributed by atoms with Gasteiger partial charge in [0, 0.05) is 24.7 Å². The maximum atomic E-state index is 10.7. The molecule has 0 aliphatic carbocycles. The van der Waals surface area contributed by atoms with Gasteiger partial charge < -0.3 is 20.3 Å². The lowest BCUT2D eigenvalue weighted by Gasteiger charge is -2.29. The fraction of sp³-hybridized carbons (Fsp3) is 0.889. The highest BCUT2D eigenvalue weighted by Gasteiger charge is 2.33. The Labute approximate surface area is 94.3 Å². The van der Waals surface area contributed by atoms with E-state index < -0.39 is 16.8 Å². The van der Waals surface area contributed by atoms with Gasteiger partial charge in [0.1, 0.15) is 6.04 Å². The molecule has 6 heteroatoms. The molecule has 0 radical (unpaired) electrons. The van der Waals surface area contributed by atoms with Crippen molar-refractivity contribution in [3.8, 4) is 0 Å². The standard InChI is InChI=1S/C9H19NO4S/c1-9(2,7(10)8(11)12)15-5-6(13-3)14-4/h6-7H,5,10H2,1-4H3,(H,11,12)/t7-/m1/s1. The van der Waals surface area contributed by atoms with Gasteiger partial charge in [-0.25, -0.2) is 0 Å². The monoisotopic (exact) mass is 237 g/mol. The van der Waals surface area contributed by atoms with E-state index in [1.54, 1.807) is 28.1 Å². The highest BCUT2D eigenvalue weighted by molar-refractivity contribution is 8.00. The fourth-order valence-electron chi connectivity index (χ4n) is 0.902. The molecule has 15 heavy (non-hydrogen) atoms. The number of carboxylic acid groups (broad SMARTS) is 1. The van der Waals surface area contributed by atoms with E-state index in [2.05, 4.69) is 0 Å². The average molecular weight is 237 g/mol. The maximum absolute atomic E-state index is 10.7. The molecule has 5 nitrogen and oxygen atoms in total. The van der Waals surface area contributed by atoms with Crippen molar-refractivity contribution in [2.24, 2.45) is 5.73 Å². The molecule has 90 valence electrons. The number of aliphatic carboxylic acids is 1. The molecule has 0 aromatic carbocycles. The van der Waals surface area contributed by atoms with Gasteiger partial charge in [-0.15, -0.1) is 11.8 Å². The van der Waals surface area contributed by atoms with Crippen molar-refractivity contribution in [2.45, 2.75) is 30.9 Å². The van der Waals surface area contributed by atoms with Crippen LogP contribution in [-0.4, -0.2) is 48.1 Å². The van der Waals surface area contributed by atoms with Crippen LogP contribution in [0.3, 0.4) is 0 Å². The fourth-order valence-corrected chi connectivity index (χ4v) is 2.02. The van der Waals surface area contributed by atoms with Gasteiger partial charge in [0.15, 0.2) is 6.29 Å². The Balaban J connectivity index is 4.19. The molecule has 0 aromatic heterocycles. The third kappa shape index (κ3) is 4.83. The van der Waals surface area contributed by atoms with Crippen LogP contribution in [0.2, 0.25) is 0 Å². The second-order valence-electron chi connectivity index (χ2n) is 3.63. The molecule has 3 N–H and O–H groups in total. The first-order valence-corrected chi connectivity index (χ1v) is 5.51. The largest absolute Gasteiger partial charge is 0.480 e. The van der Waals surface area contributed by atoms with Crippen molar-refractivity contribution in [1.29, 1.82) is 0 Å². The van der Waals surface area contributed by atoms with E-state index in [-0.39, 0.29) is 6.29 Å². The molecular formula is C9H19NO4S. The highest BCUT2D eigenvalue weighted by atomic mass is 32.2. The van der Waals surface area contributed by atoms with Gasteiger partial charge in [-0.2, -0.15) is 0 Å². The first-order chi connectivity index (χ1) is 6.85. The van der Waals surface area contributed by atoms with E-state index in [1.807, 2.05) is 0 Å². The topological polar surface area (TPSA) is 81.8 Å². The minimum absolute atomic E-state index is 0.338. The lowest BCUT2D eigenvalue weighted by Crippen LogP contribution is -2.47. The zero-order chi connectivity index (χ0) is 12.1. The molecular weight excluding hydrogens is 218 g/mol. The van der Waals surface area contributed by atoms with Crippen LogP contribution < -0.4 is 5.73 Å². The van der Waals surface area contributed by atoms with E-state index in [0.717, 1.165) is 0 Å². The summed E-state index contributed by atoms with van der Waals surface area (Å²) < 4.78 is 9.45. The summed E-state index contributed by atoms with van der Waals surface area (Å²) in [4.78, 5) is 10.7. The summed E-state index contributed by atoms with van der Waals surface area (Å²) >= 11 is 1.42. The van der Waals surface area contributed by atoms with Crippen LogP contribution >= 0.6 is 11.8 Å². The van der Waals surface area contributed by atoms with Crippen molar-refractivity contribution >= 4 is 17.7 Å². The molecule has 0 heterocycles. The second-order valence-corrected chi connectivity index (χ2v) is 5.31. The van der Waals surface area contributed by atoms with Gasteiger partial charge in [-0.05, 0) is 13.8 Å². The lowest BCUT2D eigenvalue weighted by atomic mass is 10.1. The summed E-state index contributed by atoms with van der Waals surface area (Å²) in [5.74, 6) is -0.458. The first-order valence-electron chi connectivity index (χ1n) is 4.53. The summed E-state index contributed by atoms with van der Waals surface area (Å²) in [6.45, 7) is 3.58. The Hall–Kier alpha value is -0.300. The molecule has 0 amide bonds. The summed E-state index contributed by atoms with van der Waals surface area (Å²) in [5, 5.41) is 8.80. The number of methoxy groups -OCH3 is 2. The van der Waals surface area contributed by atoms with Crippen molar-refractivity contribution in [1.82, 2.24) is 0 Å². The Morgan fingerprint density at radius 3 is 2.27 bits per heavy atom. The van der Waals surface area contributed by atoms with Gasteiger partial charge in [0.2, 0.25) is 0 Å². The van der Waals surface area contributed by atoms with Crippen LogP contribution in [0.1, 0.15) is 13.8 Å². The number of ether oxygens (including phenoxy) is 2. The van der Waals surface area contributed by atoms with Crippen molar-refractivity contribution in [3.63, 3.8) is 0 Å². The third-order valence-electron chi connectivity index (χ3n) is 2.13. The molecule has 0 unspecified atom stereocenters. The second kappa shape index (κ2) is 6.32. The smallest absolute Gasteiger partial charge is 0.321 e. The molecule has 0 spiro atoms. The Morgan fingerprint density at radius 1 is 1.47 bits per heavy atom.